The molecule has 0 spiro atoms. The lowest BCUT2D eigenvalue weighted by atomic mass is 10.1. The van der Waals surface area contributed by atoms with E-state index in [2.05, 4.69) is 20.8 Å². The summed E-state index contributed by atoms with van der Waals surface area (Å²) in [6.45, 7) is 1.47. The Morgan fingerprint density at radius 2 is 2.00 bits per heavy atom. The fourth-order valence-corrected chi connectivity index (χ4v) is 2.90. The number of hydrazone groups is 1. The Morgan fingerprint density at radius 3 is 2.62 bits per heavy atom. The van der Waals surface area contributed by atoms with Gasteiger partial charge >= 0.3 is 0 Å². The SMILES string of the molecule is CC(=O)Nc1ccc(C2=NNC(=Nc3ccccc3F)SC2)cc1. The van der Waals surface area contributed by atoms with Gasteiger partial charge in [0, 0.05) is 18.4 Å². The molecule has 3 rings (SSSR count). The molecular formula is C17H15FN4OS. The molecule has 1 amide bonds. The van der Waals surface area contributed by atoms with Gasteiger partial charge in [0.2, 0.25) is 5.91 Å². The largest absolute Gasteiger partial charge is 0.326 e. The molecule has 0 bridgehead atoms. The van der Waals surface area contributed by atoms with E-state index < -0.39 is 0 Å². The monoisotopic (exact) mass is 342 g/mol. The van der Waals surface area contributed by atoms with Crippen molar-refractivity contribution in [3.8, 4) is 0 Å². The molecule has 122 valence electrons. The minimum atomic E-state index is -0.365. The molecule has 0 saturated heterocycles. The van der Waals surface area contributed by atoms with Crippen molar-refractivity contribution in [2.75, 3.05) is 11.1 Å². The van der Waals surface area contributed by atoms with E-state index in [0.29, 0.717) is 10.9 Å². The van der Waals surface area contributed by atoms with Gasteiger partial charge in [-0.25, -0.2) is 9.38 Å². The van der Waals surface area contributed by atoms with Crippen molar-refractivity contribution < 1.29 is 9.18 Å². The third-order valence-electron chi connectivity index (χ3n) is 3.25. The summed E-state index contributed by atoms with van der Waals surface area (Å²) in [5, 5.41) is 7.58. The Bertz CT molecular complexity index is 818. The Hall–Kier alpha value is -2.67. The zero-order chi connectivity index (χ0) is 16.9. The second-order valence-electron chi connectivity index (χ2n) is 5.09. The van der Waals surface area contributed by atoms with Crippen LogP contribution in [0.25, 0.3) is 0 Å². The molecule has 0 unspecified atom stereocenters. The normalized spacial score (nSPS) is 15.6. The number of rotatable bonds is 3. The fourth-order valence-electron chi connectivity index (χ4n) is 2.12. The fraction of sp³-hybridized carbons (Fsp3) is 0.118. The van der Waals surface area contributed by atoms with Crippen LogP contribution in [-0.2, 0) is 4.79 Å². The Morgan fingerprint density at radius 1 is 1.25 bits per heavy atom. The van der Waals surface area contributed by atoms with Crippen LogP contribution in [0, 0.1) is 5.82 Å². The van der Waals surface area contributed by atoms with Gasteiger partial charge in [-0.05, 0) is 29.8 Å². The van der Waals surface area contributed by atoms with E-state index in [4.69, 9.17) is 0 Å². The van der Waals surface area contributed by atoms with Gasteiger partial charge in [0.15, 0.2) is 5.17 Å². The number of anilines is 1. The minimum Gasteiger partial charge on any atom is -0.326 e. The molecule has 1 aliphatic heterocycles. The predicted molar refractivity (Wildman–Crippen MR) is 96.4 cm³/mol. The molecule has 0 aromatic heterocycles. The molecule has 5 nitrogen and oxygen atoms in total. The summed E-state index contributed by atoms with van der Waals surface area (Å²) in [5.41, 5.74) is 5.69. The van der Waals surface area contributed by atoms with Gasteiger partial charge in [0.05, 0.1) is 5.71 Å². The number of hydrogen-bond acceptors (Lipinski definition) is 4. The molecule has 1 aliphatic rings. The van der Waals surface area contributed by atoms with E-state index in [-0.39, 0.29) is 17.4 Å². The highest BCUT2D eigenvalue weighted by atomic mass is 32.2. The lowest BCUT2D eigenvalue weighted by molar-refractivity contribution is -0.114. The number of carbonyl (C=O) groups excluding carboxylic acids is 1. The maximum absolute atomic E-state index is 13.6. The molecule has 24 heavy (non-hydrogen) atoms. The summed E-state index contributed by atoms with van der Waals surface area (Å²) in [6.07, 6.45) is 0. The van der Waals surface area contributed by atoms with Crippen LogP contribution in [-0.4, -0.2) is 22.5 Å². The maximum Gasteiger partial charge on any atom is 0.221 e. The highest BCUT2D eigenvalue weighted by Gasteiger charge is 2.14. The quantitative estimate of drug-likeness (QED) is 0.897. The first-order valence-electron chi connectivity index (χ1n) is 7.28. The number of carbonyl (C=O) groups is 1. The van der Waals surface area contributed by atoms with Crippen LogP contribution in [0.5, 0.6) is 0 Å². The second-order valence-corrected chi connectivity index (χ2v) is 6.05. The minimum absolute atomic E-state index is 0.107. The van der Waals surface area contributed by atoms with E-state index in [1.54, 1.807) is 18.2 Å². The van der Waals surface area contributed by atoms with Crippen LogP contribution in [0.4, 0.5) is 15.8 Å². The Kier molecular flexibility index (Phi) is 4.90. The molecule has 0 radical (unpaired) electrons. The van der Waals surface area contributed by atoms with Gasteiger partial charge in [-0.1, -0.05) is 36.0 Å². The predicted octanol–water partition coefficient (Wildman–Crippen LogP) is 3.51. The third-order valence-corrected chi connectivity index (χ3v) is 4.12. The van der Waals surface area contributed by atoms with Crippen molar-refractivity contribution in [2.45, 2.75) is 6.92 Å². The number of thioether (sulfide) groups is 1. The zero-order valence-electron chi connectivity index (χ0n) is 12.9. The molecule has 0 fully saturated rings. The van der Waals surface area contributed by atoms with Crippen LogP contribution in [0.1, 0.15) is 12.5 Å². The van der Waals surface area contributed by atoms with E-state index in [0.717, 1.165) is 17.0 Å². The molecule has 2 aromatic rings. The van der Waals surface area contributed by atoms with Gasteiger partial charge in [0.25, 0.3) is 0 Å². The van der Waals surface area contributed by atoms with E-state index >= 15 is 0 Å². The highest BCUT2D eigenvalue weighted by molar-refractivity contribution is 8.14. The number of amidine groups is 1. The summed E-state index contributed by atoms with van der Waals surface area (Å²) in [5.74, 6) is 0.152. The smallest absolute Gasteiger partial charge is 0.221 e. The number of nitrogens with one attached hydrogen (secondary N) is 2. The molecule has 2 N–H and O–H groups in total. The summed E-state index contributed by atoms with van der Waals surface area (Å²) in [7, 11) is 0. The summed E-state index contributed by atoms with van der Waals surface area (Å²) in [4.78, 5) is 15.3. The average Bonchev–Trinajstić information content (AvgIpc) is 2.58. The Balaban J connectivity index is 1.71. The van der Waals surface area contributed by atoms with Crippen LogP contribution >= 0.6 is 11.8 Å². The lowest BCUT2D eigenvalue weighted by Gasteiger charge is -2.15. The zero-order valence-corrected chi connectivity index (χ0v) is 13.7. The molecule has 0 aliphatic carbocycles. The van der Waals surface area contributed by atoms with Crippen molar-refractivity contribution in [3.05, 3.63) is 59.9 Å². The second kappa shape index (κ2) is 7.27. The number of hydrogen-bond donors (Lipinski definition) is 2. The van der Waals surface area contributed by atoms with Crippen LogP contribution in [0.3, 0.4) is 0 Å². The van der Waals surface area contributed by atoms with Crippen molar-refractivity contribution in [2.24, 2.45) is 10.1 Å². The van der Waals surface area contributed by atoms with E-state index in [9.17, 15) is 9.18 Å². The summed E-state index contributed by atoms with van der Waals surface area (Å²) < 4.78 is 13.6. The van der Waals surface area contributed by atoms with E-state index in [1.807, 2.05) is 24.3 Å². The number of amides is 1. The number of halogens is 1. The van der Waals surface area contributed by atoms with Crippen LogP contribution in [0.2, 0.25) is 0 Å². The number of aliphatic imine (C=N–C) groups is 1. The van der Waals surface area contributed by atoms with Crippen molar-refractivity contribution in [1.82, 2.24) is 5.43 Å². The molecule has 0 atom stereocenters. The van der Waals surface area contributed by atoms with E-state index in [1.165, 1.54) is 24.8 Å². The number of nitrogens with zero attached hydrogens (tertiary/aromatic N) is 2. The van der Waals surface area contributed by atoms with Crippen molar-refractivity contribution >= 4 is 39.9 Å². The van der Waals surface area contributed by atoms with Gasteiger partial charge in [0.1, 0.15) is 11.5 Å². The molecule has 2 aromatic carbocycles. The molecular weight excluding hydrogens is 327 g/mol. The van der Waals surface area contributed by atoms with Crippen LogP contribution < -0.4 is 10.7 Å². The summed E-state index contributed by atoms with van der Waals surface area (Å²) >= 11 is 1.46. The molecule has 7 heteroatoms. The molecule has 1 heterocycles. The topological polar surface area (TPSA) is 65.8 Å². The average molecular weight is 342 g/mol. The third kappa shape index (κ3) is 3.99. The number of benzene rings is 2. The Labute approximate surface area is 143 Å². The van der Waals surface area contributed by atoms with Crippen LogP contribution in [0.15, 0.2) is 58.6 Å². The standard InChI is InChI=1S/C17H15FN4OS/c1-11(23)19-13-8-6-12(7-9-13)16-10-24-17(22-21-16)20-15-5-3-2-4-14(15)18/h2-9H,10H2,1H3,(H,19,23)(H,20,22). The lowest BCUT2D eigenvalue weighted by Crippen LogP contribution is -2.25. The van der Waals surface area contributed by atoms with Gasteiger partial charge in [-0.3, -0.25) is 10.2 Å². The summed E-state index contributed by atoms with van der Waals surface area (Å²) in [6, 6.07) is 13.8. The van der Waals surface area contributed by atoms with Gasteiger partial charge < -0.3 is 5.32 Å². The number of para-hydroxylation sites is 1. The first-order chi connectivity index (χ1) is 11.6. The molecule has 0 saturated carbocycles. The first-order valence-corrected chi connectivity index (χ1v) is 8.27. The highest BCUT2D eigenvalue weighted by Crippen LogP contribution is 2.21. The van der Waals surface area contributed by atoms with Gasteiger partial charge in [-0.2, -0.15) is 5.10 Å². The van der Waals surface area contributed by atoms with Gasteiger partial charge in [-0.15, -0.1) is 0 Å². The first kappa shape index (κ1) is 16.2. The van der Waals surface area contributed by atoms with Crippen molar-refractivity contribution in [1.29, 1.82) is 0 Å². The maximum atomic E-state index is 13.6. The van der Waals surface area contributed by atoms with Crippen molar-refractivity contribution in [3.63, 3.8) is 0 Å².